The summed E-state index contributed by atoms with van der Waals surface area (Å²) in [6.07, 6.45) is -0.204. The maximum Gasteiger partial charge on any atom is 0.308 e. The Balaban J connectivity index is 2.25. The third-order valence-electron chi connectivity index (χ3n) is 2.40. The molecule has 0 bridgehead atoms. The molecular weight excluding hydrogens is 449 g/mol. The molecule has 0 saturated carbocycles. The van der Waals surface area contributed by atoms with Crippen LogP contribution < -0.4 is 4.72 Å². The van der Waals surface area contributed by atoms with Gasteiger partial charge in [0.1, 0.15) is 4.21 Å². The molecule has 0 aliphatic carbocycles. The number of aliphatic carboxylic acids is 1. The molecule has 0 spiro atoms. The molecule has 2 N–H and O–H groups in total. The first-order valence-electron chi connectivity index (χ1n) is 5.56. The molecule has 0 atom stereocenters. The minimum absolute atomic E-state index is 0.0494. The number of halogens is 2. The second kappa shape index (κ2) is 6.51. The molecule has 0 saturated heterocycles. The number of anilines is 1. The van der Waals surface area contributed by atoms with Crippen molar-refractivity contribution in [2.75, 3.05) is 4.72 Å². The van der Waals surface area contributed by atoms with Gasteiger partial charge in [0, 0.05) is 8.45 Å². The molecule has 0 aliphatic rings. The number of carboxylic acids is 1. The Morgan fingerprint density at radius 3 is 2.67 bits per heavy atom. The summed E-state index contributed by atoms with van der Waals surface area (Å²) in [7, 11) is -3.77. The van der Waals surface area contributed by atoms with Crippen molar-refractivity contribution >= 4 is 67.2 Å². The maximum atomic E-state index is 12.2. The standard InChI is InChI=1S/C12H9ClINO4S2/c13-9-5-7(14)1-3-10(9)15-21(18,19)12-4-2-8(20-12)6-11(16)17/h1-5,15H,6H2,(H,16,17). The van der Waals surface area contributed by atoms with Crippen molar-refractivity contribution in [1.29, 1.82) is 0 Å². The summed E-state index contributed by atoms with van der Waals surface area (Å²) in [5.41, 5.74) is 0.283. The van der Waals surface area contributed by atoms with Gasteiger partial charge in [0.2, 0.25) is 0 Å². The molecule has 0 unspecified atom stereocenters. The van der Waals surface area contributed by atoms with E-state index in [9.17, 15) is 13.2 Å². The van der Waals surface area contributed by atoms with Gasteiger partial charge in [0.15, 0.2) is 0 Å². The third-order valence-corrected chi connectivity index (χ3v) is 6.33. The Bertz CT molecular complexity index is 788. The molecule has 1 aromatic carbocycles. The Hall–Kier alpha value is -0.840. The maximum absolute atomic E-state index is 12.2. The fourth-order valence-electron chi connectivity index (χ4n) is 1.51. The first-order chi connectivity index (χ1) is 9.78. The van der Waals surface area contributed by atoms with Gasteiger partial charge in [-0.05, 0) is 52.9 Å². The van der Waals surface area contributed by atoms with Gasteiger partial charge >= 0.3 is 5.97 Å². The van der Waals surface area contributed by atoms with Crippen molar-refractivity contribution in [2.45, 2.75) is 10.6 Å². The van der Waals surface area contributed by atoms with Crippen molar-refractivity contribution in [3.05, 3.63) is 43.8 Å². The smallest absolute Gasteiger partial charge is 0.308 e. The summed E-state index contributed by atoms with van der Waals surface area (Å²) < 4.78 is 27.8. The van der Waals surface area contributed by atoms with Crippen molar-refractivity contribution in [3.63, 3.8) is 0 Å². The lowest BCUT2D eigenvalue weighted by Gasteiger charge is -2.08. The first kappa shape index (κ1) is 16.5. The van der Waals surface area contributed by atoms with Gasteiger partial charge in [0.05, 0.1) is 17.1 Å². The highest BCUT2D eigenvalue weighted by Gasteiger charge is 2.19. The highest BCUT2D eigenvalue weighted by atomic mass is 127. The minimum atomic E-state index is -3.77. The quantitative estimate of drug-likeness (QED) is 0.674. The van der Waals surface area contributed by atoms with E-state index in [0.29, 0.717) is 9.90 Å². The van der Waals surface area contributed by atoms with Crippen LogP contribution in [0.25, 0.3) is 0 Å². The molecular formula is C12H9ClINO4S2. The summed E-state index contributed by atoms with van der Waals surface area (Å²) >= 11 is 8.98. The summed E-state index contributed by atoms with van der Waals surface area (Å²) in [5.74, 6) is -1.01. The zero-order chi connectivity index (χ0) is 15.6. The zero-order valence-electron chi connectivity index (χ0n) is 10.3. The highest BCUT2D eigenvalue weighted by molar-refractivity contribution is 14.1. The van der Waals surface area contributed by atoms with E-state index in [0.717, 1.165) is 14.9 Å². The topological polar surface area (TPSA) is 83.5 Å². The van der Waals surface area contributed by atoms with Crippen LogP contribution in [0.2, 0.25) is 5.02 Å². The van der Waals surface area contributed by atoms with Gasteiger partial charge in [-0.1, -0.05) is 11.6 Å². The first-order valence-corrected chi connectivity index (χ1v) is 9.32. The fourth-order valence-corrected chi connectivity index (χ4v) is 4.90. The van der Waals surface area contributed by atoms with Gasteiger partial charge in [-0.2, -0.15) is 0 Å². The molecule has 0 amide bonds. The minimum Gasteiger partial charge on any atom is -0.481 e. The molecule has 2 rings (SSSR count). The molecule has 5 nitrogen and oxygen atoms in total. The van der Waals surface area contributed by atoms with Crippen LogP contribution in [0.5, 0.6) is 0 Å². The summed E-state index contributed by atoms with van der Waals surface area (Å²) in [6.45, 7) is 0. The van der Waals surface area contributed by atoms with E-state index in [1.165, 1.54) is 12.1 Å². The average molecular weight is 458 g/mol. The number of thiophene rings is 1. The number of hydrogen-bond donors (Lipinski definition) is 2. The van der Waals surface area contributed by atoms with Crippen molar-refractivity contribution in [2.24, 2.45) is 0 Å². The molecule has 112 valence electrons. The molecule has 21 heavy (non-hydrogen) atoms. The van der Waals surface area contributed by atoms with Gasteiger partial charge in [-0.3, -0.25) is 9.52 Å². The summed E-state index contributed by atoms with van der Waals surface area (Å²) in [4.78, 5) is 11.1. The van der Waals surface area contributed by atoms with Crippen LogP contribution in [0.4, 0.5) is 5.69 Å². The van der Waals surface area contributed by atoms with E-state index >= 15 is 0 Å². The lowest BCUT2D eigenvalue weighted by molar-refractivity contribution is -0.136. The molecule has 1 heterocycles. The van der Waals surface area contributed by atoms with Gasteiger partial charge in [-0.25, -0.2) is 8.42 Å². The second-order valence-corrected chi connectivity index (χ2v) is 8.75. The van der Waals surface area contributed by atoms with E-state index in [2.05, 4.69) is 27.3 Å². The van der Waals surface area contributed by atoms with E-state index in [-0.39, 0.29) is 16.3 Å². The Labute approximate surface area is 144 Å². The van der Waals surface area contributed by atoms with Gasteiger partial charge < -0.3 is 5.11 Å². The largest absolute Gasteiger partial charge is 0.481 e. The molecule has 0 fully saturated rings. The normalized spacial score (nSPS) is 11.3. The van der Waals surface area contributed by atoms with E-state index in [1.807, 2.05) is 0 Å². The molecule has 2 aromatic rings. The number of rotatable bonds is 5. The van der Waals surface area contributed by atoms with Crippen molar-refractivity contribution < 1.29 is 18.3 Å². The van der Waals surface area contributed by atoms with Crippen LogP contribution in [0.3, 0.4) is 0 Å². The van der Waals surface area contributed by atoms with Crippen LogP contribution in [-0.4, -0.2) is 19.5 Å². The average Bonchev–Trinajstić information content (AvgIpc) is 2.81. The highest BCUT2D eigenvalue weighted by Crippen LogP contribution is 2.29. The number of benzene rings is 1. The lowest BCUT2D eigenvalue weighted by Crippen LogP contribution is -2.11. The number of hydrogen-bond acceptors (Lipinski definition) is 4. The van der Waals surface area contributed by atoms with E-state index in [4.69, 9.17) is 16.7 Å². The SMILES string of the molecule is O=C(O)Cc1ccc(S(=O)(=O)Nc2ccc(I)cc2Cl)s1. The Kier molecular flexibility index (Phi) is 5.12. The predicted molar refractivity (Wildman–Crippen MR) is 90.6 cm³/mol. The van der Waals surface area contributed by atoms with E-state index < -0.39 is 16.0 Å². The Morgan fingerprint density at radius 1 is 1.33 bits per heavy atom. The summed E-state index contributed by atoms with van der Waals surface area (Å²) in [5, 5.41) is 9.00. The van der Waals surface area contributed by atoms with Gasteiger partial charge in [-0.15, -0.1) is 11.3 Å². The van der Waals surface area contributed by atoms with Crippen molar-refractivity contribution in [1.82, 2.24) is 0 Å². The number of nitrogens with one attached hydrogen (secondary N) is 1. The number of carboxylic acid groups (broad SMARTS) is 1. The van der Waals surface area contributed by atoms with Crippen LogP contribution in [-0.2, 0) is 21.2 Å². The number of sulfonamides is 1. The molecule has 1 aromatic heterocycles. The molecule has 9 heteroatoms. The number of carbonyl (C=O) groups is 1. The molecule has 0 aliphatic heterocycles. The summed E-state index contributed by atoms with van der Waals surface area (Å²) in [6, 6.07) is 7.82. The van der Waals surface area contributed by atoms with Crippen LogP contribution >= 0.6 is 45.5 Å². The third kappa shape index (κ3) is 4.31. The monoisotopic (exact) mass is 457 g/mol. The molecule has 0 radical (unpaired) electrons. The van der Waals surface area contributed by atoms with E-state index in [1.54, 1.807) is 18.2 Å². The lowest BCUT2D eigenvalue weighted by atomic mass is 10.3. The predicted octanol–water partition coefficient (Wildman–Crippen LogP) is 3.43. The Morgan fingerprint density at radius 2 is 2.05 bits per heavy atom. The zero-order valence-corrected chi connectivity index (χ0v) is 14.9. The van der Waals surface area contributed by atoms with Crippen molar-refractivity contribution in [3.8, 4) is 0 Å². The van der Waals surface area contributed by atoms with Crippen LogP contribution in [0.15, 0.2) is 34.5 Å². The second-order valence-electron chi connectivity index (χ2n) is 4.02. The fraction of sp³-hybridized carbons (Fsp3) is 0.0833. The van der Waals surface area contributed by atoms with Crippen LogP contribution in [0, 0.1) is 3.57 Å². The van der Waals surface area contributed by atoms with Crippen LogP contribution in [0.1, 0.15) is 4.88 Å². The van der Waals surface area contributed by atoms with Gasteiger partial charge in [0.25, 0.3) is 10.0 Å².